The second-order valence-corrected chi connectivity index (χ2v) is 7.31. The summed E-state index contributed by atoms with van der Waals surface area (Å²) < 4.78 is 39.2. The Morgan fingerprint density at radius 1 is 1.43 bits per heavy atom. The number of nitrogens with zero attached hydrogens (tertiary/aromatic N) is 2. The third kappa shape index (κ3) is 2.63. The zero-order valence-electron chi connectivity index (χ0n) is 11.5. The van der Waals surface area contributed by atoms with Gasteiger partial charge in [0.05, 0.1) is 16.6 Å². The minimum atomic E-state index is -4.10. The molecule has 1 saturated heterocycles. The molecular formula is C12H15FN2O5S. The van der Waals surface area contributed by atoms with Crippen LogP contribution in [0.3, 0.4) is 0 Å². The molecular weight excluding hydrogens is 303 g/mol. The molecule has 21 heavy (non-hydrogen) atoms. The zero-order valence-corrected chi connectivity index (χ0v) is 12.3. The van der Waals surface area contributed by atoms with E-state index in [1.807, 2.05) is 0 Å². The average Bonchev–Trinajstić information content (AvgIpc) is 2.33. The molecule has 0 radical (unpaired) electrons. The van der Waals surface area contributed by atoms with E-state index in [-0.39, 0.29) is 19.0 Å². The normalized spacial score (nSPS) is 18.5. The van der Waals surface area contributed by atoms with Crippen molar-refractivity contribution in [3.05, 3.63) is 34.1 Å². The van der Waals surface area contributed by atoms with Crippen LogP contribution in [0.2, 0.25) is 0 Å². The molecule has 0 saturated carbocycles. The van der Waals surface area contributed by atoms with Crippen LogP contribution < -0.4 is 0 Å². The number of halogens is 1. The molecule has 1 heterocycles. The van der Waals surface area contributed by atoms with E-state index in [9.17, 15) is 28.0 Å². The van der Waals surface area contributed by atoms with Gasteiger partial charge in [0.15, 0.2) is 0 Å². The summed E-state index contributed by atoms with van der Waals surface area (Å²) in [5.74, 6) is -1.31. The highest BCUT2D eigenvalue weighted by Crippen LogP contribution is 2.34. The second-order valence-electron chi connectivity index (χ2n) is 5.40. The van der Waals surface area contributed by atoms with Gasteiger partial charge in [0, 0.05) is 19.2 Å². The Bertz CT molecular complexity index is 683. The number of rotatable bonds is 4. The fraction of sp³-hybridized carbons (Fsp3) is 0.500. The van der Waals surface area contributed by atoms with Gasteiger partial charge in [-0.25, -0.2) is 12.8 Å². The molecule has 1 fully saturated rings. The van der Waals surface area contributed by atoms with E-state index >= 15 is 0 Å². The Hall–Kier alpha value is -1.58. The minimum Gasteiger partial charge on any atom is -0.387 e. The summed E-state index contributed by atoms with van der Waals surface area (Å²) in [5.41, 5.74) is -1.64. The molecule has 1 aromatic carbocycles. The molecule has 1 aliphatic heterocycles. The maximum atomic E-state index is 13.8. The van der Waals surface area contributed by atoms with Gasteiger partial charge in [-0.15, -0.1) is 0 Å². The van der Waals surface area contributed by atoms with Crippen LogP contribution in [0.15, 0.2) is 23.1 Å². The van der Waals surface area contributed by atoms with Crippen molar-refractivity contribution in [2.24, 2.45) is 5.92 Å². The molecule has 0 aliphatic carbocycles. The quantitative estimate of drug-likeness (QED) is 0.662. The lowest BCUT2D eigenvalue weighted by atomic mass is 9.85. The van der Waals surface area contributed by atoms with Crippen LogP contribution in [0, 0.1) is 21.8 Å². The van der Waals surface area contributed by atoms with E-state index in [0.29, 0.717) is 6.07 Å². The van der Waals surface area contributed by atoms with E-state index in [4.69, 9.17) is 0 Å². The maximum absolute atomic E-state index is 13.8. The molecule has 0 bridgehead atoms. The van der Waals surface area contributed by atoms with Gasteiger partial charge in [-0.1, -0.05) is 13.8 Å². The summed E-state index contributed by atoms with van der Waals surface area (Å²) in [6.45, 7) is 3.28. The Balaban J connectivity index is 2.28. The second kappa shape index (κ2) is 5.00. The van der Waals surface area contributed by atoms with Gasteiger partial charge in [-0.05, 0) is 12.0 Å². The van der Waals surface area contributed by atoms with Crippen molar-refractivity contribution in [3.63, 3.8) is 0 Å². The largest absolute Gasteiger partial charge is 0.387 e. The topological polar surface area (TPSA) is 101 Å². The lowest BCUT2D eigenvalue weighted by Gasteiger charge is -2.47. The van der Waals surface area contributed by atoms with Crippen LogP contribution in [0.1, 0.15) is 13.8 Å². The molecule has 2 rings (SSSR count). The van der Waals surface area contributed by atoms with Gasteiger partial charge >= 0.3 is 0 Å². The Kier molecular flexibility index (Phi) is 3.77. The lowest BCUT2D eigenvalue weighted by Crippen LogP contribution is -2.65. The number of hydrogen-bond donors (Lipinski definition) is 1. The molecule has 0 atom stereocenters. The molecule has 0 unspecified atom stereocenters. The Morgan fingerprint density at radius 3 is 2.43 bits per heavy atom. The smallest absolute Gasteiger partial charge is 0.272 e. The number of nitro benzene ring substituents is 1. The van der Waals surface area contributed by atoms with Crippen molar-refractivity contribution in [3.8, 4) is 0 Å². The summed E-state index contributed by atoms with van der Waals surface area (Å²) >= 11 is 0. The van der Waals surface area contributed by atoms with Crippen LogP contribution in [0.5, 0.6) is 0 Å². The van der Waals surface area contributed by atoms with Gasteiger partial charge in [-0.3, -0.25) is 10.1 Å². The average molecular weight is 318 g/mol. The molecule has 116 valence electrons. The number of aliphatic hydroxyl groups is 1. The van der Waals surface area contributed by atoms with E-state index < -0.39 is 36.9 Å². The summed E-state index contributed by atoms with van der Waals surface area (Å²) in [6, 6.07) is 2.38. The Morgan fingerprint density at radius 2 is 2.00 bits per heavy atom. The molecule has 0 aromatic heterocycles. The number of non-ortho nitro benzene ring substituents is 1. The predicted molar refractivity (Wildman–Crippen MR) is 71.6 cm³/mol. The molecule has 1 aliphatic rings. The van der Waals surface area contributed by atoms with Crippen LogP contribution in [-0.4, -0.2) is 41.4 Å². The van der Waals surface area contributed by atoms with Crippen LogP contribution >= 0.6 is 0 Å². The third-order valence-corrected chi connectivity index (χ3v) is 5.54. The highest BCUT2D eigenvalue weighted by atomic mass is 32.2. The lowest BCUT2D eigenvalue weighted by molar-refractivity contribution is -0.385. The highest BCUT2D eigenvalue weighted by Gasteiger charge is 2.49. The number of nitro groups is 1. The number of hydrogen-bond acceptors (Lipinski definition) is 5. The van der Waals surface area contributed by atoms with E-state index in [1.165, 1.54) is 0 Å². The molecule has 9 heteroatoms. The fourth-order valence-corrected chi connectivity index (χ4v) is 3.66. The number of β-amino-alcohol motifs (C(OH)–C–C–N with tert-alkyl or cyclic N) is 1. The van der Waals surface area contributed by atoms with E-state index in [1.54, 1.807) is 13.8 Å². The Labute approximate surface area is 121 Å². The summed E-state index contributed by atoms with van der Waals surface area (Å²) in [7, 11) is -4.10. The molecule has 0 spiro atoms. The third-order valence-electron chi connectivity index (χ3n) is 3.72. The monoisotopic (exact) mass is 318 g/mol. The molecule has 0 amide bonds. The molecule has 1 aromatic rings. The maximum Gasteiger partial charge on any atom is 0.272 e. The van der Waals surface area contributed by atoms with Crippen LogP contribution in [0.4, 0.5) is 10.1 Å². The van der Waals surface area contributed by atoms with E-state index in [0.717, 1.165) is 16.4 Å². The van der Waals surface area contributed by atoms with Crippen molar-refractivity contribution < 1.29 is 22.8 Å². The van der Waals surface area contributed by atoms with Crippen molar-refractivity contribution in [2.45, 2.75) is 24.3 Å². The van der Waals surface area contributed by atoms with Crippen molar-refractivity contribution in [1.82, 2.24) is 4.31 Å². The van der Waals surface area contributed by atoms with Crippen molar-refractivity contribution >= 4 is 15.7 Å². The summed E-state index contributed by atoms with van der Waals surface area (Å²) in [5, 5.41) is 20.6. The summed E-state index contributed by atoms with van der Waals surface area (Å²) in [4.78, 5) is 9.09. The number of benzene rings is 1. The SMILES string of the molecule is CC(C)C1(O)CN(S(=O)(=O)c2ccc([N+](=O)[O-])cc2F)C1. The highest BCUT2D eigenvalue weighted by molar-refractivity contribution is 7.89. The number of sulfonamides is 1. The first-order valence-corrected chi connectivity index (χ1v) is 7.68. The summed E-state index contributed by atoms with van der Waals surface area (Å²) in [6.07, 6.45) is 0. The molecule has 1 N–H and O–H groups in total. The van der Waals surface area contributed by atoms with Crippen LogP contribution in [-0.2, 0) is 10.0 Å². The zero-order chi connectivity index (χ0) is 16.0. The van der Waals surface area contributed by atoms with Gasteiger partial charge in [-0.2, -0.15) is 4.31 Å². The molecule has 7 nitrogen and oxygen atoms in total. The van der Waals surface area contributed by atoms with Gasteiger partial charge in [0.25, 0.3) is 5.69 Å². The predicted octanol–water partition coefficient (Wildman–Crippen LogP) is 1.13. The van der Waals surface area contributed by atoms with Crippen molar-refractivity contribution in [1.29, 1.82) is 0 Å². The van der Waals surface area contributed by atoms with Gasteiger partial charge in [0.1, 0.15) is 10.7 Å². The fourth-order valence-electron chi connectivity index (χ4n) is 2.05. The minimum absolute atomic E-state index is 0.122. The first-order valence-electron chi connectivity index (χ1n) is 6.24. The van der Waals surface area contributed by atoms with E-state index in [2.05, 4.69) is 0 Å². The first-order chi connectivity index (χ1) is 9.58. The van der Waals surface area contributed by atoms with Crippen LogP contribution in [0.25, 0.3) is 0 Å². The van der Waals surface area contributed by atoms with Gasteiger partial charge < -0.3 is 5.11 Å². The first kappa shape index (κ1) is 15.8. The van der Waals surface area contributed by atoms with Gasteiger partial charge in [0.2, 0.25) is 10.0 Å². The van der Waals surface area contributed by atoms with Crippen molar-refractivity contribution in [2.75, 3.05) is 13.1 Å². The standard InChI is InChI=1S/C12H15FN2O5S/c1-8(2)12(16)6-14(7-12)21(19,20)11-4-3-9(15(17)18)5-10(11)13/h3-5,8,16H,6-7H2,1-2H3.